The number of rotatable bonds is 4. The van der Waals surface area contributed by atoms with Gasteiger partial charge in [-0.05, 0) is 19.4 Å². The number of nitrogens with zero attached hydrogens (tertiary/aromatic N) is 1. The van der Waals surface area contributed by atoms with Crippen LogP contribution in [-0.2, 0) is 0 Å². The Morgan fingerprint density at radius 3 is 2.48 bits per heavy atom. The minimum absolute atomic E-state index is 0. The standard InChI is InChI=1S/C15H22N2O2.2ClH/c1-11(2)10-13(17-8-6-16-7-9-17)12-4-3-5-14(18)15(12)19;;/h3-5,13,16,18-19H,1,6-10H2,2H3;2*1H/t13-;;/m1../s1. The van der Waals surface area contributed by atoms with Crippen molar-refractivity contribution in [1.82, 2.24) is 10.2 Å². The van der Waals surface area contributed by atoms with Crippen molar-refractivity contribution in [2.75, 3.05) is 26.2 Å². The van der Waals surface area contributed by atoms with Gasteiger partial charge in [-0.25, -0.2) is 0 Å². The van der Waals surface area contributed by atoms with Gasteiger partial charge in [0.2, 0.25) is 0 Å². The molecule has 0 spiro atoms. The molecule has 0 saturated carbocycles. The Kier molecular flexibility index (Phi) is 8.74. The summed E-state index contributed by atoms with van der Waals surface area (Å²) >= 11 is 0. The molecule has 0 radical (unpaired) electrons. The lowest BCUT2D eigenvalue weighted by Gasteiger charge is -2.35. The van der Waals surface area contributed by atoms with Gasteiger partial charge in [0.05, 0.1) is 0 Å². The SMILES string of the molecule is C=C(C)C[C@H](c1cccc(O)c1O)N1CCNCC1.Cl.Cl. The number of hydrogen-bond acceptors (Lipinski definition) is 4. The maximum atomic E-state index is 10.1. The number of piperazine rings is 1. The first-order valence-electron chi connectivity index (χ1n) is 6.69. The minimum atomic E-state index is -0.0562. The average molecular weight is 335 g/mol. The van der Waals surface area contributed by atoms with Crippen molar-refractivity contribution >= 4 is 24.8 Å². The van der Waals surface area contributed by atoms with Crippen molar-refractivity contribution < 1.29 is 10.2 Å². The highest BCUT2D eigenvalue weighted by Gasteiger charge is 2.25. The van der Waals surface area contributed by atoms with Gasteiger partial charge in [0.1, 0.15) is 0 Å². The van der Waals surface area contributed by atoms with E-state index < -0.39 is 0 Å². The van der Waals surface area contributed by atoms with Crippen LogP contribution in [-0.4, -0.2) is 41.3 Å². The average Bonchev–Trinajstić information content (AvgIpc) is 2.40. The fraction of sp³-hybridized carbons (Fsp3) is 0.467. The van der Waals surface area contributed by atoms with Crippen molar-refractivity contribution in [3.63, 3.8) is 0 Å². The quantitative estimate of drug-likeness (QED) is 0.585. The summed E-state index contributed by atoms with van der Waals surface area (Å²) in [6.45, 7) is 9.75. The van der Waals surface area contributed by atoms with Gasteiger partial charge in [0.15, 0.2) is 11.5 Å². The molecule has 0 aromatic heterocycles. The van der Waals surface area contributed by atoms with E-state index in [0.29, 0.717) is 0 Å². The molecule has 1 aromatic carbocycles. The minimum Gasteiger partial charge on any atom is -0.504 e. The zero-order chi connectivity index (χ0) is 13.8. The van der Waals surface area contributed by atoms with E-state index in [1.807, 2.05) is 13.0 Å². The molecule has 1 aliphatic heterocycles. The highest BCUT2D eigenvalue weighted by Crippen LogP contribution is 2.38. The number of nitrogens with one attached hydrogen (secondary N) is 1. The van der Waals surface area contributed by atoms with Crippen molar-refractivity contribution in [2.45, 2.75) is 19.4 Å². The predicted molar refractivity (Wildman–Crippen MR) is 90.9 cm³/mol. The number of aromatic hydroxyl groups is 2. The highest BCUT2D eigenvalue weighted by atomic mass is 35.5. The smallest absolute Gasteiger partial charge is 0.162 e. The molecule has 1 aliphatic rings. The van der Waals surface area contributed by atoms with Crippen LogP contribution in [0.1, 0.15) is 24.9 Å². The number of phenolic OH excluding ortho intramolecular Hbond substituents is 2. The Morgan fingerprint density at radius 2 is 1.90 bits per heavy atom. The second kappa shape index (κ2) is 9.15. The van der Waals surface area contributed by atoms with E-state index in [1.54, 1.807) is 6.07 Å². The Hall–Kier alpha value is -0.940. The molecule has 6 heteroatoms. The number of phenols is 2. The van der Waals surface area contributed by atoms with Crippen LogP contribution in [0, 0.1) is 0 Å². The zero-order valence-corrected chi connectivity index (χ0v) is 13.8. The molecular formula is C15H24Cl2N2O2. The fourth-order valence-corrected chi connectivity index (χ4v) is 2.58. The molecule has 1 aromatic rings. The molecule has 4 nitrogen and oxygen atoms in total. The molecule has 3 N–H and O–H groups in total. The van der Waals surface area contributed by atoms with Gasteiger partial charge < -0.3 is 15.5 Å². The monoisotopic (exact) mass is 334 g/mol. The van der Waals surface area contributed by atoms with Crippen LogP contribution in [0.25, 0.3) is 0 Å². The summed E-state index contributed by atoms with van der Waals surface area (Å²) in [4.78, 5) is 2.33. The van der Waals surface area contributed by atoms with E-state index in [-0.39, 0.29) is 42.4 Å². The summed E-state index contributed by atoms with van der Waals surface area (Å²) in [7, 11) is 0. The second-order valence-corrected chi connectivity index (χ2v) is 5.18. The maximum absolute atomic E-state index is 10.1. The largest absolute Gasteiger partial charge is 0.504 e. The Balaban J connectivity index is 0.00000200. The third-order valence-electron chi connectivity index (χ3n) is 3.54. The molecule has 120 valence electrons. The van der Waals surface area contributed by atoms with Crippen LogP contribution in [0.15, 0.2) is 30.4 Å². The van der Waals surface area contributed by atoms with Crippen molar-refractivity contribution in [3.05, 3.63) is 35.9 Å². The Labute approximate surface area is 138 Å². The molecule has 0 unspecified atom stereocenters. The van der Waals surface area contributed by atoms with Crippen LogP contribution in [0.3, 0.4) is 0 Å². The van der Waals surface area contributed by atoms with E-state index in [9.17, 15) is 10.2 Å². The van der Waals surface area contributed by atoms with E-state index in [2.05, 4.69) is 16.8 Å². The second-order valence-electron chi connectivity index (χ2n) is 5.18. The molecular weight excluding hydrogens is 311 g/mol. The van der Waals surface area contributed by atoms with Gasteiger partial charge in [-0.15, -0.1) is 31.4 Å². The lowest BCUT2D eigenvalue weighted by Crippen LogP contribution is -2.45. The summed E-state index contributed by atoms with van der Waals surface area (Å²) in [5.41, 5.74) is 1.86. The van der Waals surface area contributed by atoms with Crippen LogP contribution in [0.2, 0.25) is 0 Å². The van der Waals surface area contributed by atoms with E-state index >= 15 is 0 Å². The third-order valence-corrected chi connectivity index (χ3v) is 3.54. The topological polar surface area (TPSA) is 55.7 Å². The summed E-state index contributed by atoms with van der Waals surface area (Å²) < 4.78 is 0. The lowest BCUT2D eigenvalue weighted by atomic mass is 9.97. The number of halogens is 2. The molecule has 21 heavy (non-hydrogen) atoms. The van der Waals surface area contributed by atoms with Crippen molar-refractivity contribution in [2.24, 2.45) is 0 Å². The zero-order valence-electron chi connectivity index (χ0n) is 12.2. The van der Waals surface area contributed by atoms with Gasteiger partial charge in [-0.1, -0.05) is 17.7 Å². The molecule has 1 heterocycles. The van der Waals surface area contributed by atoms with E-state index in [0.717, 1.165) is 43.7 Å². The first-order valence-corrected chi connectivity index (χ1v) is 6.69. The fourth-order valence-electron chi connectivity index (χ4n) is 2.58. The van der Waals surface area contributed by atoms with E-state index in [1.165, 1.54) is 6.07 Å². The third kappa shape index (κ3) is 5.08. The first-order chi connectivity index (χ1) is 9.09. The van der Waals surface area contributed by atoms with Crippen LogP contribution >= 0.6 is 24.8 Å². The van der Waals surface area contributed by atoms with Crippen molar-refractivity contribution in [3.8, 4) is 11.5 Å². The molecule has 1 saturated heterocycles. The molecule has 0 amide bonds. The predicted octanol–water partition coefficient (Wildman–Crippen LogP) is 2.85. The molecule has 2 rings (SSSR count). The first kappa shape index (κ1) is 20.1. The van der Waals surface area contributed by atoms with Gasteiger partial charge in [0.25, 0.3) is 0 Å². The number of para-hydroxylation sites is 1. The highest BCUT2D eigenvalue weighted by molar-refractivity contribution is 5.85. The summed E-state index contributed by atoms with van der Waals surface area (Å²) in [5, 5.41) is 23.1. The number of benzene rings is 1. The van der Waals surface area contributed by atoms with Crippen LogP contribution < -0.4 is 5.32 Å². The summed E-state index contributed by atoms with van der Waals surface area (Å²) in [6.07, 6.45) is 0.789. The van der Waals surface area contributed by atoms with Crippen LogP contribution in [0.4, 0.5) is 0 Å². The number of hydrogen-bond donors (Lipinski definition) is 3. The van der Waals surface area contributed by atoms with Crippen LogP contribution in [0.5, 0.6) is 11.5 Å². The lowest BCUT2D eigenvalue weighted by molar-refractivity contribution is 0.169. The molecule has 0 bridgehead atoms. The van der Waals surface area contributed by atoms with Gasteiger partial charge in [-0.2, -0.15) is 0 Å². The van der Waals surface area contributed by atoms with Gasteiger partial charge in [0, 0.05) is 37.8 Å². The Morgan fingerprint density at radius 1 is 1.29 bits per heavy atom. The molecule has 0 aliphatic carbocycles. The normalized spacial score (nSPS) is 16.4. The summed E-state index contributed by atoms with van der Waals surface area (Å²) in [6, 6.07) is 5.24. The van der Waals surface area contributed by atoms with Crippen molar-refractivity contribution in [1.29, 1.82) is 0 Å². The molecule has 1 fully saturated rings. The Bertz CT molecular complexity index is 463. The van der Waals surface area contributed by atoms with Gasteiger partial charge >= 0.3 is 0 Å². The molecule has 1 atom stereocenters. The maximum Gasteiger partial charge on any atom is 0.162 e. The van der Waals surface area contributed by atoms with Gasteiger partial charge in [-0.3, -0.25) is 4.90 Å². The summed E-state index contributed by atoms with van der Waals surface area (Å²) in [5.74, 6) is -0.0633. The van der Waals surface area contributed by atoms with E-state index in [4.69, 9.17) is 0 Å².